The van der Waals surface area contributed by atoms with Crippen LogP contribution in [0.4, 0.5) is 5.69 Å². The second-order valence-electron chi connectivity index (χ2n) is 5.74. The number of hydrogen-bond donors (Lipinski definition) is 1. The van der Waals surface area contributed by atoms with E-state index in [2.05, 4.69) is 0 Å². The summed E-state index contributed by atoms with van der Waals surface area (Å²) in [6, 6.07) is 9.81. The van der Waals surface area contributed by atoms with Gasteiger partial charge in [-0.3, -0.25) is 4.31 Å². The number of carboxylic acids is 1. The number of benzene rings is 2. The summed E-state index contributed by atoms with van der Waals surface area (Å²) in [7, 11) is -3.74. The lowest BCUT2D eigenvalue weighted by atomic mass is 10.2. The van der Waals surface area contributed by atoms with E-state index in [1.54, 1.807) is 18.2 Å². The summed E-state index contributed by atoms with van der Waals surface area (Å²) >= 11 is 1.53. The number of thioether (sulfide) groups is 1. The van der Waals surface area contributed by atoms with Gasteiger partial charge in [-0.25, -0.2) is 13.2 Å². The van der Waals surface area contributed by atoms with E-state index in [4.69, 9.17) is 0 Å². The number of aryl methyl sites for hydroxylation is 2. The van der Waals surface area contributed by atoms with Crippen LogP contribution in [0.2, 0.25) is 0 Å². The van der Waals surface area contributed by atoms with Gasteiger partial charge in [0, 0.05) is 17.2 Å². The van der Waals surface area contributed by atoms with Gasteiger partial charge in [0.05, 0.1) is 16.1 Å². The minimum absolute atomic E-state index is 0.0804. The van der Waals surface area contributed by atoms with E-state index in [0.29, 0.717) is 18.0 Å². The maximum Gasteiger partial charge on any atom is 0.335 e. The van der Waals surface area contributed by atoms with Crippen molar-refractivity contribution in [3.05, 3.63) is 53.1 Å². The number of fused-ring (bicyclic) bond motifs is 1. The van der Waals surface area contributed by atoms with Crippen molar-refractivity contribution < 1.29 is 18.3 Å². The van der Waals surface area contributed by atoms with E-state index in [1.807, 2.05) is 19.9 Å². The van der Waals surface area contributed by atoms with Crippen molar-refractivity contribution in [2.75, 3.05) is 16.6 Å². The molecule has 2 aromatic rings. The molecule has 0 fully saturated rings. The number of anilines is 1. The summed E-state index contributed by atoms with van der Waals surface area (Å²) in [6.45, 7) is 4.03. The molecule has 0 aromatic heterocycles. The van der Waals surface area contributed by atoms with Crippen LogP contribution in [-0.2, 0) is 10.0 Å². The third-order valence-electron chi connectivity index (χ3n) is 3.81. The largest absolute Gasteiger partial charge is 0.478 e. The molecule has 0 aliphatic carbocycles. The number of carbonyl (C=O) groups is 1. The summed E-state index contributed by atoms with van der Waals surface area (Å²) in [6.07, 6.45) is 0. The van der Waals surface area contributed by atoms with E-state index < -0.39 is 16.0 Å². The highest BCUT2D eigenvalue weighted by Crippen LogP contribution is 2.38. The van der Waals surface area contributed by atoms with Gasteiger partial charge in [0.25, 0.3) is 10.0 Å². The number of rotatable bonds is 3. The highest BCUT2D eigenvalue weighted by atomic mass is 32.2. The molecular formula is C17H17NO4S2. The topological polar surface area (TPSA) is 74.7 Å². The van der Waals surface area contributed by atoms with Gasteiger partial charge >= 0.3 is 5.97 Å². The first-order valence-electron chi connectivity index (χ1n) is 7.40. The van der Waals surface area contributed by atoms with Gasteiger partial charge in [0.2, 0.25) is 0 Å². The van der Waals surface area contributed by atoms with Crippen molar-refractivity contribution in [1.82, 2.24) is 0 Å². The molecule has 2 aromatic carbocycles. The van der Waals surface area contributed by atoms with Gasteiger partial charge in [-0.05, 0) is 55.3 Å². The fourth-order valence-corrected chi connectivity index (χ4v) is 5.60. The van der Waals surface area contributed by atoms with E-state index in [-0.39, 0.29) is 10.5 Å². The van der Waals surface area contributed by atoms with Gasteiger partial charge in [0.15, 0.2) is 0 Å². The van der Waals surface area contributed by atoms with Gasteiger partial charge in [0.1, 0.15) is 0 Å². The van der Waals surface area contributed by atoms with Crippen LogP contribution in [0.1, 0.15) is 21.5 Å². The maximum atomic E-state index is 13.1. The summed E-state index contributed by atoms with van der Waals surface area (Å²) in [4.78, 5) is 12.2. The zero-order valence-electron chi connectivity index (χ0n) is 13.3. The molecule has 0 saturated heterocycles. The zero-order chi connectivity index (χ0) is 17.5. The first-order valence-corrected chi connectivity index (χ1v) is 9.83. The molecule has 1 aliphatic rings. The Kier molecular flexibility index (Phi) is 4.31. The van der Waals surface area contributed by atoms with Crippen molar-refractivity contribution in [2.45, 2.75) is 23.6 Å². The van der Waals surface area contributed by atoms with Crippen LogP contribution in [0.15, 0.2) is 46.2 Å². The van der Waals surface area contributed by atoms with Gasteiger partial charge < -0.3 is 5.11 Å². The Morgan fingerprint density at radius 1 is 1.12 bits per heavy atom. The average Bonchev–Trinajstić information content (AvgIpc) is 2.52. The van der Waals surface area contributed by atoms with Crippen LogP contribution in [0.3, 0.4) is 0 Å². The normalized spacial score (nSPS) is 14.3. The number of hydrogen-bond acceptors (Lipinski definition) is 4. The molecule has 5 nitrogen and oxygen atoms in total. The van der Waals surface area contributed by atoms with Crippen molar-refractivity contribution in [2.24, 2.45) is 0 Å². The van der Waals surface area contributed by atoms with Crippen LogP contribution in [0.25, 0.3) is 0 Å². The molecule has 3 rings (SSSR count). The standard InChI is InChI=1S/C17H17NO4S2/c1-11-7-12(2)9-14(8-11)24(21,22)18-5-6-23-16-4-3-13(17(19)20)10-15(16)18/h3-4,7-10H,5-6H2,1-2H3,(H,19,20). The Bertz CT molecular complexity index is 902. The number of aromatic carboxylic acids is 1. The minimum Gasteiger partial charge on any atom is -0.478 e. The summed E-state index contributed by atoms with van der Waals surface area (Å²) in [5.74, 6) is -0.444. The average molecular weight is 363 g/mol. The Morgan fingerprint density at radius 3 is 2.42 bits per heavy atom. The van der Waals surface area contributed by atoms with Gasteiger partial charge in [-0.2, -0.15) is 0 Å². The van der Waals surface area contributed by atoms with Crippen LogP contribution in [0.5, 0.6) is 0 Å². The lowest BCUT2D eigenvalue weighted by molar-refractivity contribution is 0.0697. The minimum atomic E-state index is -3.74. The van der Waals surface area contributed by atoms with E-state index in [0.717, 1.165) is 16.0 Å². The molecular weight excluding hydrogens is 346 g/mol. The highest BCUT2D eigenvalue weighted by molar-refractivity contribution is 8.00. The molecule has 0 amide bonds. The quantitative estimate of drug-likeness (QED) is 0.906. The smallest absolute Gasteiger partial charge is 0.335 e. The zero-order valence-corrected chi connectivity index (χ0v) is 14.9. The molecule has 0 unspecified atom stereocenters. The van der Waals surface area contributed by atoms with Gasteiger partial charge in [-0.1, -0.05) is 6.07 Å². The predicted molar refractivity (Wildman–Crippen MR) is 94.6 cm³/mol. The summed E-state index contributed by atoms with van der Waals surface area (Å²) in [5.41, 5.74) is 2.26. The molecule has 24 heavy (non-hydrogen) atoms. The molecule has 1 N–H and O–H groups in total. The predicted octanol–water partition coefficient (Wildman–Crippen LogP) is 3.30. The van der Waals surface area contributed by atoms with Crippen molar-refractivity contribution in [1.29, 1.82) is 0 Å². The van der Waals surface area contributed by atoms with Crippen LogP contribution in [0, 0.1) is 13.8 Å². The fourth-order valence-electron chi connectivity index (χ4n) is 2.79. The molecule has 126 valence electrons. The van der Waals surface area contributed by atoms with Crippen molar-refractivity contribution >= 4 is 33.4 Å². The van der Waals surface area contributed by atoms with Crippen molar-refractivity contribution in [3.8, 4) is 0 Å². The van der Waals surface area contributed by atoms with Crippen LogP contribution < -0.4 is 4.31 Å². The molecule has 7 heteroatoms. The Balaban J connectivity index is 2.14. The Hall–Kier alpha value is -1.99. The SMILES string of the molecule is Cc1cc(C)cc(S(=O)(=O)N2CCSc3ccc(C(=O)O)cc32)c1. The molecule has 0 bridgehead atoms. The second kappa shape index (κ2) is 6.14. The first-order chi connectivity index (χ1) is 11.3. The van der Waals surface area contributed by atoms with Crippen LogP contribution >= 0.6 is 11.8 Å². The highest BCUT2D eigenvalue weighted by Gasteiger charge is 2.30. The molecule has 1 aliphatic heterocycles. The lowest BCUT2D eigenvalue weighted by Crippen LogP contribution is -2.35. The summed E-state index contributed by atoms with van der Waals surface area (Å²) in [5, 5.41) is 9.19. The number of nitrogens with zero attached hydrogens (tertiary/aromatic N) is 1. The maximum absolute atomic E-state index is 13.1. The monoisotopic (exact) mass is 363 g/mol. The third kappa shape index (κ3) is 3.01. The van der Waals surface area contributed by atoms with E-state index in [1.165, 1.54) is 28.2 Å². The Labute approximate surface area is 145 Å². The van der Waals surface area contributed by atoms with Crippen LogP contribution in [-0.4, -0.2) is 31.8 Å². The molecule has 0 spiro atoms. The lowest BCUT2D eigenvalue weighted by Gasteiger charge is -2.30. The molecule has 0 saturated carbocycles. The molecule has 1 heterocycles. The fraction of sp³-hybridized carbons (Fsp3) is 0.235. The molecule has 0 atom stereocenters. The van der Waals surface area contributed by atoms with E-state index in [9.17, 15) is 18.3 Å². The molecule has 0 radical (unpaired) electrons. The van der Waals surface area contributed by atoms with Gasteiger partial charge in [-0.15, -0.1) is 11.8 Å². The number of sulfonamides is 1. The second-order valence-corrected chi connectivity index (χ2v) is 8.74. The van der Waals surface area contributed by atoms with Crippen molar-refractivity contribution in [3.63, 3.8) is 0 Å². The Morgan fingerprint density at radius 2 is 1.79 bits per heavy atom. The van der Waals surface area contributed by atoms with E-state index >= 15 is 0 Å². The first kappa shape index (κ1) is 16.9. The third-order valence-corrected chi connectivity index (χ3v) is 6.64. The number of carboxylic acid groups (broad SMARTS) is 1. The summed E-state index contributed by atoms with van der Waals surface area (Å²) < 4.78 is 27.5.